The summed E-state index contributed by atoms with van der Waals surface area (Å²) < 4.78 is 0. The third-order valence-corrected chi connectivity index (χ3v) is 4.87. The molecule has 0 saturated carbocycles. The average Bonchev–Trinajstić information content (AvgIpc) is 3.05. The van der Waals surface area contributed by atoms with E-state index in [1.54, 1.807) is 0 Å². The van der Waals surface area contributed by atoms with Crippen molar-refractivity contribution in [2.75, 3.05) is 31.6 Å². The van der Waals surface area contributed by atoms with E-state index in [4.69, 9.17) is 0 Å². The van der Waals surface area contributed by atoms with Gasteiger partial charge in [0.2, 0.25) is 5.95 Å². The highest BCUT2D eigenvalue weighted by Crippen LogP contribution is 2.44. The molecule has 23 heavy (non-hydrogen) atoms. The Morgan fingerprint density at radius 2 is 1.61 bits per heavy atom. The lowest BCUT2D eigenvalue weighted by molar-refractivity contribution is 0.279. The summed E-state index contributed by atoms with van der Waals surface area (Å²) >= 11 is 0. The van der Waals surface area contributed by atoms with Gasteiger partial charge in [0.1, 0.15) is 0 Å². The fraction of sp³-hybridized carbons (Fsp3) is 0.412. The van der Waals surface area contributed by atoms with Crippen molar-refractivity contribution >= 4 is 30.8 Å². The highest BCUT2D eigenvalue weighted by Gasteiger charge is 2.46. The molecule has 0 bridgehead atoms. The summed E-state index contributed by atoms with van der Waals surface area (Å²) in [5, 5.41) is 0. The minimum Gasteiger partial charge on any atom is -0.340 e. The first-order valence-corrected chi connectivity index (χ1v) is 7.60. The quantitative estimate of drug-likeness (QED) is 0.831. The van der Waals surface area contributed by atoms with Gasteiger partial charge in [0.05, 0.1) is 0 Å². The van der Waals surface area contributed by atoms with E-state index in [1.807, 2.05) is 18.5 Å². The van der Waals surface area contributed by atoms with Crippen LogP contribution in [0.15, 0.2) is 48.8 Å². The van der Waals surface area contributed by atoms with Gasteiger partial charge in [0.15, 0.2) is 0 Å². The molecule has 1 aromatic heterocycles. The number of halogens is 2. The van der Waals surface area contributed by atoms with E-state index in [0.717, 1.165) is 25.6 Å². The summed E-state index contributed by atoms with van der Waals surface area (Å²) in [5.41, 5.74) is 1.43. The predicted molar refractivity (Wildman–Crippen MR) is 97.5 cm³/mol. The molecule has 0 N–H and O–H groups in total. The number of rotatable bonds is 2. The first-order chi connectivity index (χ1) is 10.3. The fourth-order valence-electron chi connectivity index (χ4n) is 4.03. The van der Waals surface area contributed by atoms with Gasteiger partial charge in [0, 0.05) is 44.0 Å². The molecule has 0 amide bonds. The molecule has 2 aliphatic heterocycles. The van der Waals surface area contributed by atoms with Crippen molar-refractivity contribution in [3.63, 3.8) is 0 Å². The number of nitrogens with zero attached hydrogens (tertiary/aromatic N) is 4. The normalized spacial score (nSPS) is 26.3. The molecule has 0 unspecified atom stereocenters. The van der Waals surface area contributed by atoms with E-state index >= 15 is 0 Å². The second kappa shape index (κ2) is 7.47. The summed E-state index contributed by atoms with van der Waals surface area (Å²) in [5.74, 6) is 2.26. The minimum atomic E-state index is 0. The second-order valence-corrected chi connectivity index (χ2v) is 6.17. The van der Waals surface area contributed by atoms with Gasteiger partial charge in [-0.1, -0.05) is 30.3 Å². The first-order valence-electron chi connectivity index (χ1n) is 7.60. The summed E-state index contributed by atoms with van der Waals surface area (Å²) in [6, 6.07) is 13.3. The van der Waals surface area contributed by atoms with Crippen LogP contribution in [0.4, 0.5) is 5.95 Å². The van der Waals surface area contributed by atoms with Gasteiger partial charge in [-0.2, -0.15) is 0 Å². The van der Waals surface area contributed by atoms with Crippen LogP contribution in [0.25, 0.3) is 0 Å². The predicted octanol–water partition coefficient (Wildman–Crippen LogP) is 3.06. The monoisotopic (exact) mass is 352 g/mol. The van der Waals surface area contributed by atoms with Crippen molar-refractivity contribution in [2.45, 2.75) is 6.04 Å². The topological polar surface area (TPSA) is 32.3 Å². The Balaban J connectivity index is 0.000000960. The Morgan fingerprint density at radius 1 is 0.913 bits per heavy atom. The van der Waals surface area contributed by atoms with Crippen molar-refractivity contribution in [3.05, 3.63) is 54.4 Å². The van der Waals surface area contributed by atoms with Crippen molar-refractivity contribution < 1.29 is 0 Å². The number of benzene rings is 1. The third-order valence-electron chi connectivity index (χ3n) is 4.87. The van der Waals surface area contributed by atoms with Crippen LogP contribution in [0.2, 0.25) is 0 Å². The minimum absolute atomic E-state index is 0. The Morgan fingerprint density at radius 3 is 2.30 bits per heavy atom. The lowest BCUT2D eigenvalue weighted by Gasteiger charge is -2.26. The Labute approximate surface area is 149 Å². The van der Waals surface area contributed by atoms with E-state index in [9.17, 15) is 0 Å². The van der Waals surface area contributed by atoms with Gasteiger partial charge >= 0.3 is 0 Å². The van der Waals surface area contributed by atoms with Crippen LogP contribution in [0.3, 0.4) is 0 Å². The molecule has 1 aromatic carbocycles. The summed E-state index contributed by atoms with van der Waals surface area (Å²) in [6.07, 6.45) is 3.66. The summed E-state index contributed by atoms with van der Waals surface area (Å²) in [7, 11) is 2.25. The van der Waals surface area contributed by atoms with E-state index in [-0.39, 0.29) is 24.8 Å². The van der Waals surface area contributed by atoms with Crippen LogP contribution in [-0.2, 0) is 0 Å². The van der Waals surface area contributed by atoms with E-state index in [1.165, 1.54) is 5.56 Å². The third kappa shape index (κ3) is 3.30. The molecule has 0 aliphatic carbocycles. The molecular formula is C17H22Cl2N4. The molecule has 2 aromatic rings. The molecular weight excluding hydrogens is 331 g/mol. The highest BCUT2D eigenvalue weighted by molar-refractivity contribution is 5.85. The van der Waals surface area contributed by atoms with Crippen LogP contribution in [0.1, 0.15) is 11.6 Å². The lowest BCUT2D eigenvalue weighted by atomic mass is 9.90. The number of fused-ring (bicyclic) bond motifs is 1. The molecule has 3 heterocycles. The number of aromatic nitrogens is 2. The fourth-order valence-corrected chi connectivity index (χ4v) is 4.03. The molecule has 124 valence electrons. The molecule has 0 spiro atoms. The van der Waals surface area contributed by atoms with E-state index in [0.29, 0.717) is 17.9 Å². The zero-order valence-corrected chi connectivity index (χ0v) is 14.7. The van der Waals surface area contributed by atoms with Gasteiger partial charge in [0.25, 0.3) is 0 Å². The van der Waals surface area contributed by atoms with Gasteiger partial charge in [-0.3, -0.25) is 4.90 Å². The molecule has 2 saturated heterocycles. The van der Waals surface area contributed by atoms with Gasteiger partial charge in [-0.25, -0.2) is 9.97 Å². The molecule has 4 rings (SSSR count). The van der Waals surface area contributed by atoms with Gasteiger partial charge in [-0.05, 0) is 24.6 Å². The maximum Gasteiger partial charge on any atom is 0.225 e. The highest BCUT2D eigenvalue weighted by atomic mass is 35.5. The maximum absolute atomic E-state index is 4.41. The second-order valence-electron chi connectivity index (χ2n) is 6.17. The maximum atomic E-state index is 4.41. The van der Waals surface area contributed by atoms with Crippen LogP contribution in [0.5, 0.6) is 0 Å². The molecule has 2 fully saturated rings. The van der Waals surface area contributed by atoms with E-state index in [2.05, 4.69) is 57.1 Å². The molecule has 0 radical (unpaired) electrons. The first kappa shape index (κ1) is 18.0. The van der Waals surface area contributed by atoms with Crippen LogP contribution in [0, 0.1) is 11.8 Å². The Kier molecular flexibility index (Phi) is 5.84. The standard InChI is InChI=1S/C17H20N4.2ClH/c1-20-10-14-11-21(17-18-8-5-9-19-17)12-15(14)16(20)13-6-3-2-4-7-13;;/h2-9,14-16H,10-12H2,1H3;2*1H/t14-,15+,16-;;/m0../s1. The summed E-state index contributed by atoms with van der Waals surface area (Å²) in [4.78, 5) is 13.7. The molecule has 3 atom stereocenters. The lowest BCUT2D eigenvalue weighted by Crippen LogP contribution is -2.29. The zero-order chi connectivity index (χ0) is 14.2. The molecule has 2 aliphatic rings. The largest absolute Gasteiger partial charge is 0.340 e. The van der Waals surface area contributed by atoms with Crippen LogP contribution in [-0.4, -0.2) is 41.5 Å². The van der Waals surface area contributed by atoms with E-state index < -0.39 is 0 Å². The van der Waals surface area contributed by atoms with Crippen molar-refractivity contribution in [1.29, 1.82) is 0 Å². The van der Waals surface area contributed by atoms with Gasteiger partial charge in [-0.15, -0.1) is 24.8 Å². The van der Waals surface area contributed by atoms with Crippen LogP contribution >= 0.6 is 24.8 Å². The SMILES string of the molecule is CN1C[C@H]2CN(c3ncccn3)C[C@H]2[C@@H]1c1ccccc1.Cl.Cl. The molecule has 4 nitrogen and oxygen atoms in total. The summed E-state index contributed by atoms with van der Waals surface area (Å²) in [6.45, 7) is 3.29. The number of hydrogen-bond acceptors (Lipinski definition) is 4. The Hall–Kier alpha value is -1.36. The van der Waals surface area contributed by atoms with Crippen LogP contribution < -0.4 is 4.90 Å². The van der Waals surface area contributed by atoms with Gasteiger partial charge < -0.3 is 4.90 Å². The number of anilines is 1. The average molecular weight is 353 g/mol. The Bertz CT molecular complexity index is 611. The van der Waals surface area contributed by atoms with Crippen molar-refractivity contribution in [1.82, 2.24) is 14.9 Å². The number of hydrogen-bond donors (Lipinski definition) is 0. The van der Waals surface area contributed by atoms with Crippen molar-refractivity contribution in [2.24, 2.45) is 11.8 Å². The number of likely N-dealkylation sites (tertiary alicyclic amines) is 1. The zero-order valence-electron chi connectivity index (χ0n) is 13.1. The smallest absolute Gasteiger partial charge is 0.225 e. The van der Waals surface area contributed by atoms with Crippen molar-refractivity contribution in [3.8, 4) is 0 Å². The molecule has 6 heteroatoms.